The van der Waals surface area contributed by atoms with E-state index in [0.717, 1.165) is 15.6 Å². The van der Waals surface area contributed by atoms with E-state index >= 15 is 0 Å². The highest BCUT2D eigenvalue weighted by Crippen LogP contribution is 2.31. The molecule has 0 saturated heterocycles. The van der Waals surface area contributed by atoms with Crippen molar-refractivity contribution in [3.63, 3.8) is 0 Å². The highest BCUT2D eigenvalue weighted by Gasteiger charge is 2.29. The van der Waals surface area contributed by atoms with Crippen LogP contribution in [0.3, 0.4) is 0 Å². The van der Waals surface area contributed by atoms with Gasteiger partial charge in [0.15, 0.2) is 0 Å². The highest BCUT2D eigenvalue weighted by atomic mass is 79.9. The normalized spacial score (nSPS) is 14.1. The van der Waals surface area contributed by atoms with Gasteiger partial charge < -0.3 is 10.5 Å². The molecule has 0 spiro atoms. The number of amides is 2. The SMILES string of the molecule is CC(C)(C)OC(=O)N1Cc2cc(C(N)=O)cc(Br)c2C1. The number of halogens is 1. The lowest BCUT2D eigenvalue weighted by Gasteiger charge is -2.24. The zero-order valence-electron chi connectivity index (χ0n) is 11.7. The Bertz CT molecular complexity index is 579. The third-order valence-corrected chi connectivity index (χ3v) is 3.64. The number of nitrogens with zero attached hydrogens (tertiary/aromatic N) is 1. The Hall–Kier alpha value is -1.56. The average Bonchev–Trinajstić information content (AvgIpc) is 2.70. The monoisotopic (exact) mass is 340 g/mol. The number of benzene rings is 1. The minimum absolute atomic E-state index is 0.360. The average molecular weight is 341 g/mol. The summed E-state index contributed by atoms with van der Waals surface area (Å²) in [5.41, 5.74) is 7.10. The van der Waals surface area contributed by atoms with Gasteiger partial charge in [-0.2, -0.15) is 0 Å². The first kappa shape index (κ1) is 14.8. The molecule has 20 heavy (non-hydrogen) atoms. The van der Waals surface area contributed by atoms with Gasteiger partial charge in [-0.25, -0.2) is 4.79 Å². The van der Waals surface area contributed by atoms with E-state index < -0.39 is 11.5 Å². The van der Waals surface area contributed by atoms with E-state index in [2.05, 4.69) is 15.9 Å². The first-order valence-electron chi connectivity index (χ1n) is 6.26. The Morgan fingerprint density at radius 1 is 1.30 bits per heavy atom. The number of primary amides is 1. The van der Waals surface area contributed by atoms with Crippen LogP contribution in [0.1, 0.15) is 42.3 Å². The van der Waals surface area contributed by atoms with Crippen LogP contribution < -0.4 is 5.73 Å². The minimum atomic E-state index is -0.526. The van der Waals surface area contributed by atoms with Gasteiger partial charge in [0.1, 0.15) is 5.60 Å². The van der Waals surface area contributed by atoms with Crippen LogP contribution in [-0.4, -0.2) is 22.5 Å². The molecule has 0 aliphatic carbocycles. The second-order valence-corrected chi connectivity index (χ2v) is 6.65. The molecular weight excluding hydrogens is 324 g/mol. The Balaban J connectivity index is 2.21. The number of hydrogen-bond acceptors (Lipinski definition) is 3. The number of ether oxygens (including phenoxy) is 1. The van der Waals surface area contributed by atoms with Crippen LogP contribution >= 0.6 is 15.9 Å². The van der Waals surface area contributed by atoms with Gasteiger partial charge in [0, 0.05) is 16.6 Å². The van der Waals surface area contributed by atoms with Crippen LogP contribution in [0.15, 0.2) is 16.6 Å². The molecule has 1 aliphatic heterocycles. The Labute approximate surface area is 126 Å². The van der Waals surface area contributed by atoms with E-state index in [-0.39, 0.29) is 6.09 Å². The van der Waals surface area contributed by atoms with E-state index in [4.69, 9.17) is 10.5 Å². The van der Waals surface area contributed by atoms with Gasteiger partial charge in [0.2, 0.25) is 5.91 Å². The smallest absolute Gasteiger partial charge is 0.410 e. The van der Waals surface area contributed by atoms with E-state index in [1.807, 2.05) is 20.8 Å². The molecule has 1 aromatic carbocycles. The second-order valence-electron chi connectivity index (χ2n) is 5.80. The molecule has 1 aromatic rings. The molecule has 2 rings (SSSR count). The van der Waals surface area contributed by atoms with E-state index in [1.54, 1.807) is 17.0 Å². The molecule has 0 radical (unpaired) electrons. The summed E-state index contributed by atoms with van der Waals surface area (Å²) in [6, 6.07) is 3.41. The first-order chi connectivity index (χ1) is 9.17. The topological polar surface area (TPSA) is 72.6 Å². The third-order valence-electron chi connectivity index (χ3n) is 2.93. The fourth-order valence-corrected chi connectivity index (χ4v) is 2.69. The van der Waals surface area contributed by atoms with E-state index in [9.17, 15) is 9.59 Å². The molecule has 2 N–H and O–H groups in total. The summed E-state index contributed by atoms with van der Waals surface area (Å²) in [7, 11) is 0. The number of carbonyl (C=O) groups excluding carboxylic acids is 2. The molecule has 0 aromatic heterocycles. The maximum atomic E-state index is 12.1. The molecule has 0 fully saturated rings. The van der Waals surface area contributed by atoms with E-state index in [0.29, 0.717) is 18.7 Å². The van der Waals surface area contributed by atoms with Crippen LogP contribution in [-0.2, 0) is 17.8 Å². The number of carbonyl (C=O) groups is 2. The molecule has 0 saturated carbocycles. The molecule has 5 nitrogen and oxygen atoms in total. The lowest BCUT2D eigenvalue weighted by atomic mass is 10.1. The van der Waals surface area contributed by atoms with Crippen molar-refractivity contribution in [3.05, 3.63) is 33.3 Å². The van der Waals surface area contributed by atoms with Crippen LogP contribution in [0, 0.1) is 0 Å². The summed E-state index contributed by atoms with van der Waals surface area (Å²) in [6.07, 6.45) is -0.360. The third kappa shape index (κ3) is 3.12. The molecular formula is C14H17BrN2O3. The Morgan fingerprint density at radius 3 is 2.50 bits per heavy atom. The molecule has 2 amide bonds. The Kier molecular flexibility index (Phi) is 3.77. The van der Waals surface area contributed by atoms with Gasteiger partial charge >= 0.3 is 6.09 Å². The molecule has 1 aliphatic rings. The van der Waals surface area contributed by atoms with Crippen LogP contribution in [0.2, 0.25) is 0 Å². The quantitative estimate of drug-likeness (QED) is 0.854. The van der Waals surface area contributed by atoms with Crippen LogP contribution in [0.4, 0.5) is 4.79 Å². The van der Waals surface area contributed by atoms with Crippen molar-refractivity contribution in [2.24, 2.45) is 5.73 Å². The Morgan fingerprint density at radius 2 is 1.95 bits per heavy atom. The summed E-state index contributed by atoms with van der Waals surface area (Å²) < 4.78 is 6.14. The lowest BCUT2D eigenvalue weighted by molar-refractivity contribution is 0.0241. The first-order valence-corrected chi connectivity index (χ1v) is 7.06. The number of fused-ring (bicyclic) bond motifs is 1. The minimum Gasteiger partial charge on any atom is -0.444 e. The van der Waals surface area contributed by atoms with Crippen molar-refractivity contribution >= 4 is 27.9 Å². The molecule has 1 heterocycles. The maximum absolute atomic E-state index is 12.1. The van der Waals surface area contributed by atoms with Gasteiger partial charge in [-0.15, -0.1) is 0 Å². The fourth-order valence-electron chi connectivity index (χ4n) is 2.06. The van der Waals surface area contributed by atoms with Gasteiger partial charge in [-0.05, 0) is 44.0 Å². The number of hydrogen-bond donors (Lipinski definition) is 1. The van der Waals surface area contributed by atoms with E-state index in [1.165, 1.54) is 0 Å². The second kappa shape index (κ2) is 5.09. The maximum Gasteiger partial charge on any atom is 0.410 e. The van der Waals surface area contributed by atoms with Crippen molar-refractivity contribution in [1.29, 1.82) is 0 Å². The van der Waals surface area contributed by atoms with Crippen molar-refractivity contribution in [3.8, 4) is 0 Å². The lowest BCUT2D eigenvalue weighted by Crippen LogP contribution is -2.33. The zero-order chi connectivity index (χ0) is 15.1. The highest BCUT2D eigenvalue weighted by molar-refractivity contribution is 9.10. The zero-order valence-corrected chi connectivity index (χ0v) is 13.3. The van der Waals surface area contributed by atoms with Crippen LogP contribution in [0.25, 0.3) is 0 Å². The van der Waals surface area contributed by atoms with Gasteiger partial charge in [0.05, 0.1) is 6.54 Å². The van der Waals surface area contributed by atoms with Crippen LogP contribution in [0.5, 0.6) is 0 Å². The molecule has 0 atom stereocenters. The fraction of sp³-hybridized carbons (Fsp3) is 0.429. The molecule has 0 unspecified atom stereocenters. The van der Waals surface area contributed by atoms with Crippen molar-refractivity contribution < 1.29 is 14.3 Å². The summed E-state index contributed by atoms with van der Waals surface area (Å²) in [4.78, 5) is 24.9. The predicted octanol–water partition coefficient (Wildman–Crippen LogP) is 2.80. The van der Waals surface area contributed by atoms with Crippen molar-refractivity contribution in [1.82, 2.24) is 4.90 Å². The number of rotatable bonds is 1. The largest absolute Gasteiger partial charge is 0.444 e. The molecule has 108 valence electrons. The van der Waals surface area contributed by atoms with Gasteiger partial charge in [0.25, 0.3) is 0 Å². The van der Waals surface area contributed by atoms with Gasteiger partial charge in [-0.3, -0.25) is 9.69 Å². The van der Waals surface area contributed by atoms with Crippen molar-refractivity contribution in [2.75, 3.05) is 0 Å². The summed E-state index contributed by atoms with van der Waals surface area (Å²) >= 11 is 3.42. The molecule has 6 heteroatoms. The summed E-state index contributed by atoms with van der Waals surface area (Å²) in [5.74, 6) is -0.482. The number of nitrogens with two attached hydrogens (primary N) is 1. The van der Waals surface area contributed by atoms with Crippen molar-refractivity contribution in [2.45, 2.75) is 39.5 Å². The molecule has 0 bridgehead atoms. The summed E-state index contributed by atoms with van der Waals surface area (Å²) in [6.45, 7) is 6.37. The standard InChI is InChI=1S/C14H17BrN2O3/c1-14(2,3)20-13(19)17-6-9-4-8(12(16)18)5-11(15)10(9)7-17/h4-5H,6-7H2,1-3H3,(H2,16,18). The van der Waals surface area contributed by atoms with Gasteiger partial charge in [-0.1, -0.05) is 15.9 Å². The predicted molar refractivity (Wildman–Crippen MR) is 78.1 cm³/mol. The summed E-state index contributed by atoms with van der Waals surface area (Å²) in [5, 5.41) is 0.